The van der Waals surface area contributed by atoms with E-state index in [0.717, 1.165) is 24.4 Å². The van der Waals surface area contributed by atoms with Crippen LogP contribution in [0, 0.1) is 0 Å². The first-order chi connectivity index (χ1) is 13.6. The molecule has 10 heteroatoms. The third kappa shape index (κ3) is 5.11. The molecule has 0 radical (unpaired) electrons. The number of aliphatic hydroxyl groups excluding tert-OH is 1. The summed E-state index contributed by atoms with van der Waals surface area (Å²) < 4.78 is 82.0. The molecule has 2 aromatic rings. The van der Waals surface area contributed by atoms with Crippen molar-refractivity contribution in [2.75, 3.05) is 18.0 Å². The van der Waals surface area contributed by atoms with Crippen LogP contribution in [0.5, 0.6) is 5.75 Å². The van der Waals surface area contributed by atoms with Crippen molar-refractivity contribution in [2.45, 2.75) is 37.9 Å². The van der Waals surface area contributed by atoms with Gasteiger partial charge in [0.2, 0.25) is 0 Å². The molecule has 0 atom stereocenters. The summed E-state index contributed by atoms with van der Waals surface area (Å²) in [6, 6.07) is 5.23. The monoisotopic (exact) mass is 420 g/mol. The van der Waals surface area contributed by atoms with Gasteiger partial charge in [0.1, 0.15) is 17.7 Å². The number of aromatic nitrogens is 1. The molecule has 0 bridgehead atoms. The van der Waals surface area contributed by atoms with Crippen LogP contribution in [0.1, 0.15) is 29.5 Å². The molecule has 1 saturated heterocycles. The largest absolute Gasteiger partial charge is 0.490 e. The number of hydrogen-bond donors (Lipinski definition) is 1. The van der Waals surface area contributed by atoms with Crippen molar-refractivity contribution in [3.05, 3.63) is 53.2 Å². The molecule has 0 spiro atoms. The fraction of sp³-hybridized carbons (Fsp3) is 0.421. The fourth-order valence-electron chi connectivity index (χ4n) is 3.12. The van der Waals surface area contributed by atoms with Crippen LogP contribution in [0.25, 0.3) is 0 Å². The van der Waals surface area contributed by atoms with Crippen LogP contribution in [-0.4, -0.2) is 29.3 Å². The zero-order valence-electron chi connectivity index (χ0n) is 15.1. The maximum absolute atomic E-state index is 12.8. The summed E-state index contributed by atoms with van der Waals surface area (Å²) >= 11 is 0. The Morgan fingerprint density at radius 2 is 1.59 bits per heavy atom. The lowest BCUT2D eigenvalue weighted by Crippen LogP contribution is -2.38. The van der Waals surface area contributed by atoms with Crippen LogP contribution >= 0.6 is 0 Å². The lowest BCUT2D eigenvalue weighted by atomic mass is 10.1. The molecule has 2 heterocycles. The third-order valence-electron chi connectivity index (χ3n) is 4.69. The third-order valence-corrected chi connectivity index (χ3v) is 4.69. The van der Waals surface area contributed by atoms with E-state index in [1.54, 1.807) is 0 Å². The standard InChI is InChI=1S/C19H18F6N2O2/c20-18(21,22)13-1-3-16(12(9-13)11-28)29-15-5-7-27(8-6-15)17-4-2-14(10-26-17)19(23,24)25/h1-4,9-10,15,28H,5-8,11H2. The van der Waals surface area contributed by atoms with Gasteiger partial charge in [-0.1, -0.05) is 0 Å². The van der Waals surface area contributed by atoms with Crippen LogP contribution in [-0.2, 0) is 19.0 Å². The van der Waals surface area contributed by atoms with Crippen molar-refractivity contribution in [1.82, 2.24) is 4.98 Å². The van der Waals surface area contributed by atoms with E-state index < -0.39 is 30.1 Å². The number of benzene rings is 1. The topological polar surface area (TPSA) is 45.6 Å². The fourth-order valence-corrected chi connectivity index (χ4v) is 3.12. The summed E-state index contributed by atoms with van der Waals surface area (Å²) in [6.07, 6.45) is -7.44. The van der Waals surface area contributed by atoms with E-state index in [2.05, 4.69) is 4.98 Å². The maximum atomic E-state index is 12.8. The molecular weight excluding hydrogens is 402 g/mol. The van der Waals surface area contributed by atoms with Gasteiger partial charge in [0.25, 0.3) is 0 Å². The van der Waals surface area contributed by atoms with Crippen LogP contribution in [0.3, 0.4) is 0 Å². The number of ether oxygens (including phenoxy) is 1. The lowest BCUT2D eigenvalue weighted by molar-refractivity contribution is -0.138. The first-order valence-corrected chi connectivity index (χ1v) is 8.84. The second kappa shape index (κ2) is 8.10. The van der Waals surface area contributed by atoms with E-state index in [4.69, 9.17) is 4.74 Å². The Morgan fingerprint density at radius 3 is 2.10 bits per heavy atom. The van der Waals surface area contributed by atoms with Crippen LogP contribution in [0.4, 0.5) is 32.2 Å². The van der Waals surface area contributed by atoms with Gasteiger partial charge >= 0.3 is 12.4 Å². The highest BCUT2D eigenvalue weighted by Gasteiger charge is 2.32. The van der Waals surface area contributed by atoms with Crippen molar-refractivity contribution in [3.63, 3.8) is 0 Å². The van der Waals surface area contributed by atoms with Gasteiger partial charge < -0.3 is 14.7 Å². The summed E-state index contributed by atoms with van der Waals surface area (Å²) in [5, 5.41) is 9.36. The zero-order valence-corrected chi connectivity index (χ0v) is 15.1. The Labute approximate surface area is 162 Å². The molecule has 1 aromatic heterocycles. The van der Waals surface area contributed by atoms with E-state index in [0.29, 0.717) is 31.7 Å². The van der Waals surface area contributed by atoms with Gasteiger partial charge in [-0.15, -0.1) is 0 Å². The molecule has 1 aliphatic heterocycles. The molecular formula is C19H18F6N2O2. The molecule has 0 aliphatic carbocycles. The second-order valence-corrected chi connectivity index (χ2v) is 6.69. The summed E-state index contributed by atoms with van der Waals surface area (Å²) in [4.78, 5) is 5.68. The van der Waals surface area contributed by atoms with Crippen molar-refractivity contribution in [3.8, 4) is 5.75 Å². The SMILES string of the molecule is OCc1cc(C(F)(F)F)ccc1OC1CCN(c2ccc(C(F)(F)F)cn2)CC1. The number of alkyl halides is 6. The molecule has 1 aliphatic rings. The highest BCUT2D eigenvalue weighted by molar-refractivity contribution is 5.41. The first-order valence-electron chi connectivity index (χ1n) is 8.84. The normalized spacial score (nSPS) is 16.2. The van der Waals surface area contributed by atoms with Gasteiger partial charge in [-0.2, -0.15) is 26.3 Å². The van der Waals surface area contributed by atoms with Gasteiger partial charge in [0.05, 0.1) is 17.7 Å². The number of aliphatic hydroxyl groups is 1. The summed E-state index contributed by atoms with van der Waals surface area (Å²) in [5.74, 6) is 0.605. The van der Waals surface area contributed by atoms with Crippen molar-refractivity contribution >= 4 is 5.82 Å². The minimum absolute atomic E-state index is 0.0478. The number of anilines is 1. The van der Waals surface area contributed by atoms with Gasteiger partial charge in [-0.05, 0) is 30.3 Å². The number of piperidine rings is 1. The molecule has 0 saturated carbocycles. The number of nitrogens with zero attached hydrogens (tertiary/aromatic N) is 2. The summed E-state index contributed by atoms with van der Waals surface area (Å²) in [7, 11) is 0. The predicted molar refractivity (Wildman–Crippen MR) is 92.5 cm³/mol. The summed E-state index contributed by atoms with van der Waals surface area (Å²) in [6.45, 7) is 0.351. The van der Waals surface area contributed by atoms with Gasteiger partial charge in [-0.25, -0.2) is 4.98 Å². The smallest absolute Gasteiger partial charge is 0.417 e. The zero-order chi connectivity index (χ0) is 21.2. The van der Waals surface area contributed by atoms with Crippen LogP contribution < -0.4 is 9.64 Å². The molecule has 158 valence electrons. The van der Waals surface area contributed by atoms with E-state index in [1.165, 1.54) is 12.1 Å². The highest BCUT2D eigenvalue weighted by atomic mass is 19.4. The summed E-state index contributed by atoms with van der Waals surface area (Å²) in [5.41, 5.74) is -1.64. The van der Waals surface area contributed by atoms with Gasteiger partial charge in [0, 0.05) is 37.7 Å². The molecule has 1 N–H and O–H groups in total. The van der Waals surface area contributed by atoms with Crippen molar-refractivity contribution in [2.24, 2.45) is 0 Å². The average molecular weight is 420 g/mol. The first kappa shape index (κ1) is 21.2. The Morgan fingerprint density at radius 1 is 0.966 bits per heavy atom. The van der Waals surface area contributed by atoms with Crippen molar-refractivity contribution in [1.29, 1.82) is 0 Å². The van der Waals surface area contributed by atoms with Crippen LogP contribution in [0.2, 0.25) is 0 Å². The van der Waals surface area contributed by atoms with E-state index in [-0.39, 0.29) is 17.4 Å². The number of halogens is 6. The molecule has 0 unspecified atom stereocenters. The lowest BCUT2D eigenvalue weighted by Gasteiger charge is -2.33. The quantitative estimate of drug-likeness (QED) is 0.731. The minimum atomic E-state index is -4.51. The van der Waals surface area contributed by atoms with E-state index in [9.17, 15) is 31.4 Å². The molecule has 4 nitrogen and oxygen atoms in total. The van der Waals surface area contributed by atoms with E-state index >= 15 is 0 Å². The average Bonchev–Trinajstić information content (AvgIpc) is 2.67. The Bertz CT molecular complexity index is 828. The number of pyridine rings is 1. The predicted octanol–water partition coefficient (Wildman–Crippen LogP) is 4.66. The molecule has 0 amide bonds. The highest BCUT2D eigenvalue weighted by Crippen LogP contribution is 2.34. The minimum Gasteiger partial charge on any atom is -0.490 e. The maximum Gasteiger partial charge on any atom is 0.417 e. The van der Waals surface area contributed by atoms with Crippen LogP contribution in [0.15, 0.2) is 36.5 Å². The van der Waals surface area contributed by atoms with Crippen molar-refractivity contribution < 1.29 is 36.2 Å². The Kier molecular flexibility index (Phi) is 5.92. The van der Waals surface area contributed by atoms with Gasteiger partial charge in [-0.3, -0.25) is 0 Å². The van der Waals surface area contributed by atoms with E-state index in [1.807, 2.05) is 4.90 Å². The molecule has 29 heavy (non-hydrogen) atoms. The molecule has 3 rings (SSSR count). The molecule has 1 aromatic carbocycles. The Balaban J connectivity index is 1.61. The molecule has 1 fully saturated rings. The number of hydrogen-bond acceptors (Lipinski definition) is 4. The Hall–Kier alpha value is -2.49. The second-order valence-electron chi connectivity index (χ2n) is 6.69. The van der Waals surface area contributed by atoms with Gasteiger partial charge in [0.15, 0.2) is 0 Å². The number of rotatable bonds is 4.